The van der Waals surface area contributed by atoms with Crippen LogP contribution in [0.15, 0.2) is 115 Å². The molecule has 0 aliphatic carbocycles. The Bertz CT molecular complexity index is 1120. The van der Waals surface area contributed by atoms with E-state index in [0.717, 1.165) is 20.2 Å². The lowest BCUT2D eigenvalue weighted by Crippen LogP contribution is -2.11. The highest BCUT2D eigenvalue weighted by Crippen LogP contribution is 2.38. The molecule has 4 rings (SSSR count). The predicted molar refractivity (Wildman–Crippen MR) is 142 cm³/mol. The lowest BCUT2D eigenvalue weighted by Gasteiger charge is -2.18. The minimum Gasteiger partial charge on any atom is -0.475 e. The van der Waals surface area contributed by atoms with Gasteiger partial charge >= 0.3 is 0 Å². The maximum atomic E-state index is 13.4. The van der Waals surface area contributed by atoms with Crippen LogP contribution in [0.2, 0.25) is 0 Å². The molecule has 4 aromatic rings. The molecular weight excluding hydrogens is 509 g/mol. The third-order valence-corrected chi connectivity index (χ3v) is 8.52. The molecule has 0 aliphatic heterocycles. The summed E-state index contributed by atoms with van der Waals surface area (Å²) in [5.41, 5.74) is 1.09. The van der Waals surface area contributed by atoms with E-state index in [1.54, 1.807) is 59.1 Å². The van der Waals surface area contributed by atoms with Crippen LogP contribution in [0.3, 0.4) is 0 Å². The fraction of sp³-hybridized carbons (Fsp3) is 0.115. The van der Waals surface area contributed by atoms with Crippen LogP contribution in [0.5, 0.6) is 0 Å². The zero-order valence-corrected chi connectivity index (χ0v) is 21.2. The molecule has 2 nitrogen and oxygen atoms in total. The van der Waals surface area contributed by atoms with Crippen molar-refractivity contribution in [3.05, 3.63) is 113 Å². The zero-order chi connectivity index (χ0) is 23.6. The minimum absolute atomic E-state index is 0.0199. The molecule has 0 amide bonds. The SMILES string of the molecule is Fc1ccc(SC(C/C(=N/Sc2ccccc2)OCc2ccsc2)Sc2ccc(F)cc2)cc1. The van der Waals surface area contributed by atoms with E-state index in [0.29, 0.717) is 18.9 Å². The van der Waals surface area contributed by atoms with Gasteiger partial charge in [0.05, 0.1) is 4.58 Å². The normalized spacial score (nSPS) is 11.7. The second kappa shape index (κ2) is 13.0. The van der Waals surface area contributed by atoms with E-state index in [9.17, 15) is 8.78 Å². The largest absolute Gasteiger partial charge is 0.475 e. The zero-order valence-electron chi connectivity index (χ0n) is 18.0. The van der Waals surface area contributed by atoms with Crippen molar-refractivity contribution < 1.29 is 13.5 Å². The molecule has 0 atom stereocenters. The number of ether oxygens (including phenoxy) is 1. The van der Waals surface area contributed by atoms with Crippen molar-refractivity contribution >= 4 is 52.7 Å². The number of halogens is 2. The van der Waals surface area contributed by atoms with Crippen LogP contribution in [0.25, 0.3) is 0 Å². The van der Waals surface area contributed by atoms with Gasteiger partial charge in [-0.05, 0) is 83.1 Å². The van der Waals surface area contributed by atoms with E-state index in [1.165, 1.54) is 36.2 Å². The fourth-order valence-corrected chi connectivity index (χ4v) is 6.60. The number of nitrogens with zero attached hydrogens (tertiary/aromatic N) is 1. The topological polar surface area (TPSA) is 21.6 Å². The standard InChI is InChI=1S/C26H21F2NOS4/c27-20-6-10-22(11-7-20)32-26(33-23-12-8-21(28)9-13-23)16-25(30-17-19-14-15-31-18-19)29-34-24-4-2-1-3-5-24/h1-15,18,26H,16-17H2/b29-25-. The summed E-state index contributed by atoms with van der Waals surface area (Å²) in [6, 6.07) is 24.8. The lowest BCUT2D eigenvalue weighted by molar-refractivity contribution is 0.286. The predicted octanol–water partition coefficient (Wildman–Crippen LogP) is 8.95. The van der Waals surface area contributed by atoms with Crippen LogP contribution in [0.1, 0.15) is 12.0 Å². The van der Waals surface area contributed by atoms with Gasteiger partial charge in [0.25, 0.3) is 0 Å². The molecule has 0 radical (unpaired) electrons. The molecule has 0 saturated heterocycles. The highest BCUT2D eigenvalue weighted by Gasteiger charge is 2.18. The summed E-state index contributed by atoms with van der Waals surface area (Å²) < 4.78 is 37.7. The molecule has 0 N–H and O–H groups in total. The van der Waals surface area contributed by atoms with Gasteiger partial charge in [-0.2, -0.15) is 15.7 Å². The monoisotopic (exact) mass is 529 g/mol. The molecule has 1 heterocycles. The fourth-order valence-electron chi connectivity index (χ4n) is 2.83. The average molecular weight is 530 g/mol. The van der Waals surface area contributed by atoms with Crippen LogP contribution in [-0.2, 0) is 11.3 Å². The Morgan fingerprint density at radius 2 is 1.41 bits per heavy atom. The Labute approximate surface area is 215 Å². The first-order chi connectivity index (χ1) is 16.6. The number of hydrogen-bond acceptors (Lipinski definition) is 6. The summed E-state index contributed by atoms with van der Waals surface area (Å²) in [5.74, 6) is 0.0784. The molecular formula is C26H21F2NOS4. The van der Waals surface area contributed by atoms with E-state index in [1.807, 2.05) is 41.8 Å². The van der Waals surface area contributed by atoms with Gasteiger partial charge < -0.3 is 4.74 Å². The summed E-state index contributed by atoms with van der Waals surface area (Å²) in [5, 5.41) is 4.08. The van der Waals surface area contributed by atoms with Crippen LogP contribution < -0.4 is 0 Å². The highest BCUT2D eigenvalue weighted by molar-refractivity contribution is 8.17. The maximum Gasteiger partial charge on any atom is 0.197 e. The third-order valence-electron chi connectivity index (χ3n) is 4.49. The molecule has 34 heavy (non-hydrogen) atoms. The second-order valence-corrected chi connectivity index (χ2v) is 11.6. The van der Waals surface area contributed by atoms with Crippen molar-refractivity contribution in [1.29, 1.82) is 0 Å². The van der Waals surface area contributed by atoms with Crippen molar-refractivity contribution in [3.8, 4) is 0 Å². The van der Waals surface area contributed by atoms with E-state index < -0.39 is 0 Å². The van der Waals surface area contributed by atoms with Crippen LogP contribution in [0, 0.1) is 11.6 Å². The Balaban J connectivity index is 1.54. The minimum atomic E-state index is -0.271. The van der Waals surface area contributed by atoms with Gasteiger partial charge in [-0.1, -0.05) is 18.2 Å². The van der Waals surface area contributed by atoms with E-state index in [-0.39, 0.29) is 16.2 Å². The molecule has 0 spiro atoms. The molecule has 0 bridgehead atoms. The van der Waals surface area contributed by atoms with Crippen LogP contribution >= 0.6 is 46.8 Å². The van der Waals surface area contributed by atoms with E-state index in [2.05, 4.69) is 5.38 Å². The molecule has 3 aromatic carbocycles. The first-order valence-corrected chi connectivity index (χ1v) is 13.9. The molecule has 8 heteroatoms. The summed E-state index contributed by atoms with van der Waals surface area (Å²) >= 11 is 6.21. The molecule has 0 aliphatic rings. The second-order valence-electron chi connectivity index (χ2n) is 7.09. The van der Waals surface area contributed by atoms with Gasteiger partial charge in [-0.15, -0.1) is 23.5 Å². The number of thioether (sulfide) groups is 2. The smallest absolute Gasteiger partial charge is 0.197 e. The number of hydrogen-bond donors (Lipinski definition) is 0. The van der Waals surface area contributed by atoms with Gasteiger partial charge in [0.1, 0.15) is 18.2 Å². The van der Waals surface area contributed by atoms with Gasteiger partial charge in [-0.25, -0.2) is 8.78 Å². The third kappa shape index (κ3) is 8.20. The van der Waals surface area contributed by atoms with Gasteiger partial charge in [-0.3, -0.25) is 0 Å². The van der Waals surface area contributed by atoms with Crippen LogP contribution in [-0.4, -0.2) is 10.5 Å². The van der Waals surface area contributed by atoms with Crippen molar-refractivity contribution in [2.75, 3.05) is 0 Å². The van der Waals surface area contributed by atoms with Gasteiger partial charge in [0.15, 0.2) is 5.90 Å². The quantitative estimate of drug-likeness (QED) is 0.0672. The average Bonchev–Trinajstić information content (AvgIpc) is 3.38. The Kier molecular flexibility index (Phi) is 9.50. The van der Waals surface area contributed by atoms with E-state index >= 15 is 0 Å². The summed E-state index contributed by atoms with van der Waals surface area (Å²) in [4.78, 5) is 2.90. The lowest BCUT2D eigenvalue weighted by atomic mass is 10.3. The molecule has 174 valence electrons. The van der Waals surface area contributed by atoms with Crippen molar-refractivity contribution in [2.24, 2.45) is 4.40 Å². The Morgan fingerprint density at radius 1 is 0.794 bits per heavy atom. The molecule has 0 unspecified atom stereocenters. The van der Waals surface area contributed by atoms with Crippen molar-refractivity contribution in [2.45, 2.75) is 32.3 Å². The Morgan fingerprint density at radius 3 is 1.97 bits per heavy atom. The first kappa shape index (κ1) is 24.9. The first-order valence-electron chi connectivity index (χ1n) is 10.4. The molecule has 0 saturated carbocycles. The summed E-state index contributed by atoms with van der Waals surface area (Å²) in [6.07, 6.45) is 0.536. The van der Waals surface area contributed by atoms with Crippen molar-refractivity contribution in [3.63, 3.8) is 0 Å². The van der Waals surface area contributed by atoms with Crippen LogP contribution in [0.4, 0.5) is 8.78 Å². The van der Waals surface area contributed by atoms with Gasteiger partial charge in [0.2, 0.25) is 0 Å². The number of benzene rings is 3. The van der Waals surface area contributed by atoms with Gasteiger partial charge in [0, 0.05) is 33.1 Å². The number of thiophene rings is 1. The highest BCUT2D eigenvalue weighted by atomic mass is 32.2. The molecule has 0 fully saturated rings. The maximum absolute atomic E-state index is 13.4. The summed E-state index contributed by atoms with van der Waals surface area (Å²) in [6.45, 7) is 0.437. The summed E-state index contributed by atoms with van der Waals surface area (Å²) in [7, 11) is 0. The van der Waals surface area contributed by atoms with Crippen molar-refractivity contribution in [1.82, 2.24) is 0 Å². The molecule has 1 aromatic heterocycles. The number of rotatable bonds is 10. The van der Waals surface area contributed by atoms with E-state index in [4.69, 9.17) is 9.13 Å². The Hall–Kier alpha value is -2.26.